The number of hydrogen-bond donors (Lipinski definition) is 3. The first-order chi connectivity index (χ1) is 13.0. The van der Waals surface area contributed by atoms with Crippen molar-refractivity contribution in [3.8, 4) is 5.75 Å². The molecule has 0 fully saturated rings. The summed E-state index contributed by atoms with van der Waals surface area (Å²) in [4.78, 5) is 23.8. The van der Waals surface area contributed by atoms with Crippen LogP contribution in [-0.4, -0.2) is 32.0 Å². The molecule has 0 aliphatic rings. The third-order valence-electron chi connectivity index (χ3n) is 3.91. The van der Waals surface area contributed by atoms with Gasteiger partial charge in [0.2, 0.25) is 5.91 Å². The van der Waals surface area contributed by atoms with Gasteiger partial charge in [-0.15, -0.1) is 0 Å². The number of benzene rings is 2. The summed E-state index contributed by atoms with van der Waals surface area (Å²) >= 11 is 0. The molecule has 0 bridgehead atoms. The van der Waals surface area contributed by atoms with Crippen molar-refractivity contribution in [2.45, 2.75) is 20.3 Å². The molecule has 0 spiro atoms. The number of rotatable bonds is 9. The van der Waals surface area contributed by atoms with Gasteiger partial charge in [0.25, 0.3) is 5.91 Å². The monoisotopic (exact) mass is 369 g/mol. The molecule has 0 aromatic heterocycles. The van der Waals surface area contributed by atoms with E-state index >= 15 is 0 Å². The van der Waals surface area contributed by atoms with Gasteiger partial charge >= 0.3 is 0 Å². The SMILES string of the molecule is CNC(=O)c1cccc(NCC(=O)Nc2ccc(OCCC(C)C)cc2)c1. The number of ether oxygens (including phenoxy) is 1. The topological polar surface area (TPSA) is 79.5 Å². The largest absolute Gasteiger partial charge is 0.494 e. The second kappa shape index (κ2) is 10.2. The summed E-state index contributed by atoms with van der Waals surface area (Å²) in [6.07, 6.45) is 1.01. The molecular formula is C21H27N3O3. The fourth-order valence-electron chi connectivity index (χ4n) is 2.35. The Balaban J connectivity index is 1.81. The Morgan fingerprint density at radius 2 is 1.78 bits per heavy atom. The Bertz CT molecular complexity index is 758. The molecule has 2 aromatic carbocycles. The molecule has 0 heterocycles. The lowest BCUT2D eigenvalue weighted by Crippen LogP contribution is -2.22. The lowest BCUT2D eigenvalue weighted by atomic mass is 10.1. The molecule has 0 saturated carbocycles. The van der Waals surface area contributed by atoms with Gasteiger partial charge in [0, 0.05) is 24.0 Å². The molecule has 0 aliphatic heterocycles. The molecule has 2 aromatic rings. The summed E-state index contributed by atoms with van der Waals surface area (Å²) in [5.74, 6) is 1.05. The Morgan fingerprint density at radius 1 is 1.04 bits per heavy atom. The summed E-state index contributed by atoms with van der Waals surface area (Å²) in [7, 11) is 1.58. The van der Waals surface area contributed by atoms with E-state index in [1.54, 1.807) is 25.2 Å². The van der Waals surface area contributed by atoms with Crippen molar-refractivity contribution < 1.29 is 14.3 Å². The first kappa shape index (κ1) is 20.3. The van der Waals surface area contributed by atoms with Gasteiger partial charge < -0.3 is 20.7 Å². The zero-order valence-electron chi connectivity index (χ0n) is 16.0. The number of hydrogen-bond acceptors (Lipinski definition) is 4. The first-order valence-corrected chi connectivity index (χ1v) is 9.06. The van der Waals surface area contributed by atoms with Crippen LogP contribution in [0.3, 0.4) is 0 Å². The number of carbonyl (C=O) groups is 2. The minimum atomic E-state index is -0.172. The Hall–Kier alpha value is -3.02. The molecule has 2 amide bonds. The molecule has 0 radical (unpaired) electrons. The van der Waals surface area contributed by atoms with E-state index in [1.807, 2.05) is 30.3 Å². The van der Waals surface area contributed by atoms with Gasteiger partial charge in [-0.25, -0.2) is 0 Å². The van der Waals surface area contributed by atoms with E-state index in [9.17, 15) is 9.59 Å². The zero-order chi connectivity index (χ0) is 19.6. The minimum Gasteiger partial charge on any atom is -0.494 e. The fourth-order valence-corrected chi connectivity index (χ4v) is 2.35. The average Bonchev–Trinajstić information content (AvgIpc) is 2.67. The summed E-state index contributed by atoms with van der Waals surface area (Å²) < 4.78 is 5.66. The van der Waals surface area contributed by atoms with Crippen LogP contribution < -0.4 is 20.7 Å². The molecule has 6 heteroatoms. The van der Waals surface area contributed by atoms with Crippen LogP contribution >= 0.6 is 0 Å². The van der Waals surface area contributed by atoms with E-state index in [-0.39, 0.29) is 18.4 Å². The average molecular weight is 369 g/mol. The van der Waals surface area contributed by atoms with E-state index in [0.717, 1.165) is 12.2 Å². The minimum absolute atomic E-state index is 0.101. The van der Waals surface area contributed by atoms with Gasteiger partial charge in [0.1, 0.15) is 5.75 Å². The highest BCUT2D eigenvalue weighted by atomic mass is 16.5. The normalized spacial score (nSPS) is 10.4. The summed E-state index contributed by atoms with van der Waals surface area (Å²) in [5.41, 5.74) is 1.95. The van der Waals surface area contributed by atoms with Gasteiger partial charge in [0.15, 0.2) is 0 Å². The van der Waals surface area contributed by atoms with Crippen LogP contribution in [0.25, 0.3) is 0 Å². The first-order valence-electron chi connectivity index (χ1n) is 9.06. The Kier molecular flexibility index (Phi) is 7.67. The van der Waals surface area contributed by atoms with Crippen LogP contribution in [0.2, 0.25) is 0 Å². The maximum Gasteiger partial charge on any atom is 0.251 e. The molecule has 6 nitrogen and oxygen atoms in total. The fraction of sp³-hybridized carbons (Fsp3) is 0.333. The van der Waals surface area contributed by atoms with E-state index < -0.39 is 0 Å². The van der Waals surface area contributed by atoms with E-state index in [0.29, 0.717) is 29.5 Å². The van der Waals surface area contributed by atoms with Crippen molar-refractivity contribution in [3.63, 3.8) is 0 Å². The quantitative estimate of drug-likeness (QED) is 0.632. The van der Waals surface area contributed by atoms with Crippen molar-refractivity contribution in [1.29, 1.82) is 0 Å². The number of amides is 2. The van der Waals surface area contributed by atoms with Gasteiger partial charge in [0.05, 0.1) is 13.2 Å². The molecule has 27 heavy (non-hydrogen) atoms. The maximum atomic E-state index is 12.1. The van der Waals surface area contributed by atoms with Gasteiger partial charge in [-0.1, -0.05) is 19.9 Å². The molecule has 144 valence electrons. The third-order valence-corrected chi connectivity index (χ3v) is 3.91. The third kappa shape index (κ3) is 7.01. The van der Waals surface area contributed by atoms with Crippen molar-refractivity contribution in [2.24, 2.45) is 5.92 Å². The van der Waals surface area contributed by atoms with E-state index in [1.165, 1.54) is 0 Å². The van der Waals surface area contributed by atoms with Crippen LogP contribution in [0.15, 0.2) is 48.5 Å². The van der Waals surface area contributed by atoms with Gasteiger partial charge in [-0.05, 0) is 54.8 Å². The summed E-state index contributed by atoms with van der Waals surface area (Å²) in [5, 5.41) is 8.42. The maximum absolute atomic E-state index is 12.1. The van der Waals surface area contributed by atoms with Crippen molar-refractivity contribution in [2.75, 3.05) is 30.8 Å². The second-order valence-electron chi connectivity index (χ2n) is 6.62. The van der Waals surface area contributed by atoms with Crippen LogP contribution in [0.4, 0.5) is 11.4 Å². The standard InChI is InChI=1S/C21H27N3O3/c1-15(2)11-12-27-19-9-7-17(8-10-19)24-20(25)14-23-18-6-4-5-16(13-18)21(26)22-3/h4-10,13,15,23H,11-12,14H2,1-3H3,(H,22,26)(H,24,25). The van der Waals surface area contributed by atoms with Crippen LogP contribution in [0.1, 0.15) is 30.6 Å². The molecule has 3 N–H and O–H groups in total. The van der Waals surface area contributed by atoms with Crippen molar-refractivity contribution >= 4 is 23.2 Å². The van der Waals surface area contributed by atoms with Crippen molar-refractivity contribution in [1.82, 2.24) is 5.32 Å². The van der Waals surface area contributed by atoms with Crippen molar-refractivity contribution in [3.05, 3.63) is 54.1 Å². The predicted molar refractivity (Wildman–Crippen MR) is 108 cm³/mol. The summed E-state index contributed by atoms with van der Waals surface area (Å²) in [6, 6.07) is 14.3. The highest BCUT2D eigenvalue weighted by Crippen LogP contribution is 2.16. The Morgan fingerprint density at radius 3 is 2.44 bits per heavy atom. The Labute approximate surface area is 160 Å². The molecular weight excluding hydrogens is 342 g/mol. The molecule has 0 unspecified atom stereocenters. The zero-order valence-corrected chi connectivity index (χ0v) is 16.0. The number of carbonyl (C=O) groups excluding carboxylic acids is 2. The number of anilines is 2. The molecule has 2 rings (SSSR count). The van der Waals surface area contributed by atoms with Gasteiger partial charge in [-0.3, -0.25) is 9.59 Å². The van der Waals surface area contributed by atoms with Crippen LogP contribution in [-0.2, 0) is 4.79 Å². The molecule has 0 aliphatic carbocycles. The van der Waals surface area contributed by atoms with Gasteiger partial charge in [-0.2, -0.15) is 0 Å². The highest BCUT2D eigenvalue weighted by Gasteiger charge is 2.06. The summed E-state index contributed by atoms with van der Waals surface area (Å²) in [6.45, 7) is 5.10. The van der Waals surface area contributed by atoms with Crippen LogP contribution in [0.5, 0.6) is 5.75 Å². The van der Waals surface area contributed by atoms with E-state index in [4.69, 9.17) is 4.74 Å². The van der Waals surface area contributed by atoms with E-state index in [2.05, 4.69) is 29.8 Å². The lowest BCUT2D eigenvalue weighted by molar-refractivity contribution is -0.114. The lowest BCUT2D eigenvalue weighted by Gasteiger charge is -2.10. The smallest absolute Gasteiger partial charge is 0.251 e. The second-order valence-corrected chi connectivity index (χ2v) is 6.62. The molecule has 0 atom stereocenters. The highest BCUT2D eigenvalue weighted by molar-refractivity contribution is 5.96. The molecule has 0 saturated heterocycles. The predicted octanol–water partition coefficient (Wildman–Crippen LogP) is 3.52. The number of nitrogens with one attached hydrogen (secondary N) is 3. The van der Waals surface area contributed by atoms with Crippen LogP contribution in [0, 0.1) is 5.92 Å².